The average molecular weight is 388 g/mol. The van der Waals surface area contributed by atoms with Crippen LogP contribution in [0.4, 0.5) is 11.4 Å². The van der Waals surface area contributed by atoms with Gasteiger partial charge >= 0.3 is 0 Å². The summed E-state index contributed by atoms with van der Waals surface area (Å²) in [7, 11) is 0. The molecule has 0 aromatic heterocycles. The lowest BCUT2D eigenvalue weighted by atomic mass is 9.78. The van der Waals surface area contributed by atoms with Crippen LogP contribution >= 0.6 is 0 Å². The Morgan fingerprint density at radius 2 is 1.79 bits per heavy atom. The molecule has 148 valence electrons. The van der Waals surface area contributed by atoms with Crippen LogP contribution in [0.2, 0.25) is 0 Å². The summed E-state index contributed by atoms with van der Waals surface area (Å²) in [4.78, 5) is 40.5. The Morgan fingerprint density at radius 1 is 1.03 bits per heavy atom. The number of benzene rings is 2. The van der Waals surface area contributed by atoms with Gasteiger partial charge in [0, 0.05) is 5.69 Å². The molecule has 2 aliphatic rings. The van der Waals surface area contributed by atoms with Crippen molar-refractivity contribution in [2.45, 2.75) is 27.2 Å². The largest absolute Gasteiger partial charge is 0.322 e. The zero-order valence-corrected chi connectivity index (χ0v) is 16.8. The van der Waals surface area contributed by atoms with Crippen molar-refractivity contribution in [2.24, 2.45) is 17.8 Å². The first-order chi connectivity index (χ1) is 13.9. The Kier molecular flexibility index (Phi) is 4.82. The van der Waals surface area contributed by atoms with Gasteiger partial charge in [0.25, 0.3) is 5.91 Å². The molecule has 29 heavy (non-hydrogen) atoms. The van der Waals surface area contributed by atoms with Gasteiger partial charge in [0.2, 0.25) is 11.8 Å². The Labute approximate surface area is 170 Å². The van der Waals surface area contributed by atoms with Gasteiger partial charge in [-0.3, -0.25) is 14.4 Å². The molecule has 3 amide bonds. The maximum Gasteiger partial charge on any atom is 0.257 e. The van der Waals surface area contributed by atoms with Gasteiger partial charge in [0.1, 0.15) is 0 Å². The minimum Gasteiger partial charge on any atom is -0.322 e. The number of nitrogens with zero attached hydrogens (tertiary/aromatic N) is 1. The molecule has 4 rings (SSSR count). The second-order valence-corrected chi connectivity index (χ2v) is 7.89. The molecule has 1 fully saturated rings. The second kappa shape index (κ2) is 7.32. The van der Waals surface area contributed by atoms with E-state index in [1.807, 2.05) is 51.1 Å². The van der Waals surface area contributed by atoms with Gasteiger partial charge in [-0.1, -0.05) is 43.3 Å². The maximum absolute atomic E-state index is 13.1. The van der Waals surface area contributed by atoms with Gasteiger partial charge in [-0.2, -0.15) is 0 Å². The van der Waals surface area contributed by atoms with E-state index in [1.165, 1.54) is 4.90 Å². The first-order valence-electron chi connectivity index (χ1n) is 9.91. The molecule has 0 spiro atoms. The molecule has 3 atom stereocenters. The quantitative estimate of drug-likeness (QED) is 0.631. The van der Waals surface area contributed by atoms with Crippen LogP contribution in [0.1, 0.15) is 34.8 Å². The highest BCUT2D eigenvalue weighted by molar-refractivity contribution is 6.25. The van der Waals surface area contributed by atoms with E-state index in [-0.39, 0.29) is 35.5 Å². The molecule has 0 bridgehead atoms. The molecule has 1 heterocycles. The van der Waals surface area contributed by atoms with Crippen molar-refractivity contribution in [1.29, 1.82) is 0 Å². The van der Waals surface area contributed by atoms with Crippen molar-refractivity contribution in [3.8, 4) is 0 Å². The first kappa shape index (κ1) is 19.1. The number of hydrogen-bond acceptors (Lipinski definition) is 3. The first-order valence-corrected chi connectivity index (χ1v) is 9.91. The maximum atomic E-state index is 13.1. The summed E-state index contributed by atoms with van der Waals surface area (Å²) in [5.74, 6) is -1.48. The van der Waals surface area contributed by atoms with Gasteiger partial charge < -0.3 is 5.32 Å². The van der Waals surface area contributed by atoms with E-state index in [4.69, 9.17) is 0 Å². The summed E-state index contributed by atoms with van der Waals surface area (Å²) in [5.41, 5.74) is 3.45. The molecule has 1 saturated heterocycles. The summed E-state index contributed by atoms with van der Waals surface area (Å²) in [6, 6.07) is 12.5. The highest BCUT2D eigenvalue weighted by atomic mass is 16.2. The third-order valence-corrected chi connectivity index (χ3v) is 6.12. The van der Waals surface area contributed by atoms with Crippen molar-refractivity contribution in [1.82, 2.24) is 0 Å². The Hall–Kier alpha value is -3.21. The van der Waals surface area contributed by atoms with Gasteiger partial charge in [-0.15, -0.1) is 0 Å². The van der Waals surface area contributed by atoms with Crippen molar-refractivity contribution in [3.05, 3.63) is 71.3 Å². The van der Waals surface area contributed by atoms with E-state index in [0.29, 0.717) is 17.7 Å². The molecule has 0 saturated carbocycles. The van der Waals surface area contributed by atoms with Gasteiger partial charge in [-0.25, -0.2) is 4.90 Å². The molecule has 1 aliphatic carbocycles. The number of hydrogen-bond donors (Lipinski definition) is 1. The van der Waals surface area contributed by atoms with Gasteiger partial charge in [-0.05, 0) is 55.5 Å². The summed E-state index contributed by atoms with van der Waals surface area (Å²) >= 11 is 0. The molecule has 2 aromatic rings. The van der Waals surface area contributed by atoms with Crippen molar-refractivity contribution < 1.29 is 14.4 Å². The standard InChI is InChI=1S/C24H24N2O3/c1-14-8-7-12-19(16(14)3)25-22(27)17-10-4-5-13-20(17)26-23(28)18-11-6-9-15(2)21(18)24(26)29/h4-10,12-13,15,18,21H,11H2,1-3H3,(H,25,27)/t15-,18-,21-/m0/s1. The van der Waals surface area contributed by atoms with E-state index in [2.05, 4.69) is 5.32 Å². The van der Waals surface area contributed by atoms with Crippen LogP contribution in [0.5, 0.6) is 0 Å². The molecule has 2 aromatic carbocycles. The fraction of sp³-hybridized carbons (Fsp3) is 0.292. The summed E-state index contributed by atoms with van der Waals surface area (Å²) in [6.07, 6.45) is 4.53. The lowest BCUT2D eigenvalue weighted by Crippen LogP contribution is -2.33. The predicted octanol–water partition coefficient (Wildman–Crippen LogP) is 4.26. The Balaban J connectivity index is 1.69. The Morgan fingerprint density at radius 3 is 2.55 bits per heavy atom. The Bertz CT molecular complexity index is 1040. The van der Waals surface area contributed by atoms with Crippen LogP contribution in [0, 0.1) is 31.6 Å². The van der Waals surface area contributed by atoms with Crippen LogP contribution in [0.25, 0.3) is 0 Å². The molecular formula is C24H24N2O3. The molecule has 1 N–H and O–H groups in total. The fourth-order valence-electron chi connectivity index (χ4n) is 4.32. The molecule has 1 aliphatic heterocycles. The third kappa shape index (κ3) is 3.16. The molecular weight excluding hydrogens is 364 g/mol. The topological polar surface area (TPSA) is 66.5 Å². The minimum atomic E-state index is -0.359. The lowest BCUT2D eigenvalue weighted by Gasteiger charge is -2.22. The van der Waals surface area contributed by atoms with Crippen LogP contribution in [-0.4, -0.2) is 17.7 Å². The molecule has 0 unspecified atom stereocenters. The van der Waals surface area contributed by atoms with Crippen molar-refractivity contribution in [2.75, 3.05) is 10.2 Å². The highest BCUT2D eigenvalue weighted by Gasteiger charge is 2.51. The number of allylic oxidation sites excluding steroid dienone is 2. The van der Waals surface area contributed by atoms with Crippen molar-refractivity contribution in [3.63, 3.8) is 0 Å². The highest BCUT2D eigenvalue weighted by Crippen LogP contribution is 2.41. The second-order valence-electron chi connectivity index (χ2n) is 7.89. The number of rotatable bonds is 3. The van der Waals surface area contributed by atoms with Crippen LogP contribution in [-0.2, 0) is 9.59 Å². The molecule has 5 heteroatoms. The number of amides is 3. The SMILES string of the molecule is Cc1cccc(NC(=O)c2ccccc2N2C(=O)[C@@H]3[C@H](CC=C[C@@H]3C)C2=O)c1C. The van der Waals surface area contributed by atoms with Crippen molar-refractivity contribution >= 4 is 29.1 Å². The van der Waals surface area contributed by atoms with E-state index in [0.717, 1.165) is 16.8 Å². The van der Waals surface area contributed by atoms with E-state index < -0.39 is 0 Å². The molecule has 0 radical (unpaired) electrons. The molecule has 5 nitrogen and oxygen atoms in total. The number of imide groups is 1. The van der Waals surface area contributed by atoms with Gasteiger partial charge in [0.15, 0.2) is 0 Å². The number of carbonyl (C=O) groups excluding carboxylic acids is 3. The predicted molar refractivity (Wildman–Crippen MR) is 113 cm³/mol. The van der Waals surface area contributed by atoms with Crippen LogP contribution in [0.3, 0.4) is 0 Å². The number of nitrogens with one attached hydrogen (secondary N) is 1. The minimum absolute atomic E-state index is 0.00568. The third-order valence-electron chi connectivity index (χ3n) is 6.12. The lowest BCUT2D eigenvalue weighted by molar-refractivity contribution is -0.122. The summed E-state index contributed by atoms with van der Waals surface area (Å²) in [5, 5.41) is 2.93. The van der Waals surface area contributed by atoms with Gasteiger partial charge in [0.05, 0.1) is 23.1 Å². The van der Waals surface area contributed by atoms with Crippen LogP contribution in [0.15, 0.2) is 54.6 Å². The summed E-state index contributed by atoms with van der Waals surface area (Å²) in [6.45, 7) is 5.89. The monoisotopic (exact) mass is 388 g/mol. The van der Waals surface area contributed by atoms with Crippen LogP contribution < -0.4 is 10.2 Å². The smallest absolute Gasteiger partial charge is 0.257 e. The number of fused-ring (bicyclic) bond motifs is 1. The van der Waals surface area contributed by atoms with E-state index in [9.17, 15) is 14.4 Å². The number of carbonyl (C=O) groups is 3. The number of aryl methyl sites for hydroxylation is 1. The normalized spacial score (nSPS) is 23.3. The fourth-order valence-corrected chi connectivity index (χ4v) is 4.32. The van der Waals surface area contributed by atoms with E-state index in [1.54, 1.807) is 24.3 Å². The zero-order valence-electron chi connectivity index (χ0n) is 16.8. The zero-order chi connectivity index (χ0) is 20.7. The van der Waals surface area contributed by atoms with E-state index >= 15 is 0 Å². The summed E-state index contributed by atoms with van der Waals surface area (Å²) < 4.78 is 0. The number of anilines is 2. The number of para-hydroxylation sites is 1. The average Bonchev–Trinajstić information content (AvgIpc) is 2.97.